The minimum absolute atomic E-state index is 0.470. The first-order chi connectivity index (χ1) is 11.0. The predicted octanol–water partition coefficient (Wildman–Crippen LogP) is 4.47. The first-order valence-electron chi connectivity index (χ1n) is 7.54. The summed E-state index contributed by atoms with van der Waals surface area (Å²) in [5, 5.41) is 18.8. The predicted molar refractivity (Wildman–Crippen MR) is 93.6 cm³/mol. The van der Waals surface area contributed by atoms with Gasteiger partial charge in [0.05, 0.1) is 22.9 Å². The molecule has 0 saturated heterocycles. The van der Waals surface area contributed by atoms with E-state index in [9.17, 15) is 10.5 Å². The number of allylic oxidation sites excluding steroid dienone is 1. The molecule has 0 atom stereocenters. The fraction of sp³-hybridized carbons (Fsp3) is 0.200. The molecular weight excluding hydrogens is 282 g/mol. The van der Waals surface area contributed by atoms with Crippen LogP contribution >= 0.6 is 0 Å². The maximum Gasteiger partial charge on any atom is 0.102 e. The van der Waals surface area contributed by atoms with Gasteiger partial charge >= 0.3 is 0 Å². The van der Waals surface area contributed by atoms with E-state index in [-0.39, 0.29) is 0 Å². The molecule has 23 heavy (non-hydrogen) atoms. The number of benzene rings is 2. The zero-order valence-corrected chi connectivity index (χ0v) is 13.6. The van der Waals surface area contributed by atoms with Crippen LogP contribution in [0.25, 0.3) is 5.57 Å². The summed E-state index contributed by atoms with van der Waals surface area (Å²) in [5.74, 6) is 0. The van der Waals surface area contributed by atoms with Crippen molar-refractivity contribution < 1.29 is 0 Å². The summed E-state index contributed by atoms with van der Waals surface area (Å²) in [5.41, 5.74) is 12.3. The molecule has 0 fully saturated rings. The van der Waals surface area contributed by atoms with Crippen molar-refractivity contribution in [2.45, 2.75) is 27.2 Å². The van der Waals surface area contributed by atoms with Crippen molar-refractivity contribution in [3.8, 4) is 12.1 Å². The minimum Gasteiger partial charge on any atom is -0.398 e. The quantitative estimate of drug-likeness (QED) is 0.850. The molecule has 2 aromatic rings. The van der Waals surface area contributed by atoms with Crippen LogP contribution in [-0.4, -0.2) is 0 Å². The molecule has 2 N–H and O–H groups in total. The Hall–Kier alpha value is -3.04. The van der Waals surface area contributed by atoms with E-state index >= 15 is 0 Å². The lowest BCUT2D eigenvalue weighted by molar-refractivity contribution is 1.22. The van der Waals surface area contributed by atoms with Crippen LogP contribution in [0.5, 0.6) is 0 Å². The first kappa shape index (κ1) is 16.3. The van der Waals surface area contributed by atoms with Crippen LogP contribution in [0.3, 0.4) is 0 Å². The van der Waals surface area contributed by atoms with Crippen LogP contribution in [0.4, 0.5) is 5.69 Å². The second-order valence-electron chi connectivity index (χ2n) is 5.50. The number of rotatable bonds is 3. The van der Waals surface area contributed by atoms with Gasteiger partial charge in [0, 0.05) is 5.56 Å². The fourth-order valence-corrected chi connectivity index (χ4v) is 2.75. The third kappa shape index (κ3) is 3.10. The molecule has 3 nitrogen and oxygen atoms in total. The molecule has 0 spiro atoms. The van der Waals surface area contributed by atoms with Crippen LogP contribution in [-0.2, 0) is 0 Å². The highest BCUT2D eigenvalue weighted by Crippen LogP contribution is 2.32. The molecule has 0 amide bonds. The van der Waals surface area contributed by atoms with Crippen LogP contribution < -0.4 is 5.73 Å². The lowest BCUT2D eigenvalue weighted by Crippen LogP contribution is -2.00. The van der Waals surface area contributed by atoms with Gasteiger partial charge in [0.15, 0.2) is 0 Å². The van der Waals surface area contributed by atoms with Crippen LogP contribution in [0.1, 0.15) is 46.7 Å². The number of hydrogen-bond donors (Lipinski definition) is 1. The van der Waals surface area contributed by atoms with Gasteiger partial charge in [-0.15, -0.1) is 0 Å². The van der Waals surface area contributed by atoms with Gasteiger partial charge in [-0.1, -0.05) is 31.2 Å². The number of hydrogen-bond acceptors (Lipinski definition) is 3. The zero-order chi connectivity index (χ0) is 17.0. The topological polar surface area (TPSA) is 73.6 Å². The molecule has 0 radical (unpaired) electrons. The second-order valence-corrected chi connectivity index (χ2v) is 5.50. The van der Waals surface area contributed by atoms with Crippen molar-refractivity contribution in [2.75, 3.05) is 5.73 Å². The average molecular weight is 301 g/mol. The Labute approximate surface area is 137 Å². The SMILES string of the molecule is CC/C=C(\c1cc(C#N)c(C)cc1C)c1cccc(N)c1C#N. The third-order valence-corrected chi connectivity index (χ3v) is 3.89. The van der Waals surface area contributed by atoms with E-state index in [0.717, 1.165) is 34.2 Å². The number of nitriles is 2. The molecule has 0 aliphatic carbocycles. The van der Waals surface area contributed by atoms with Gasteiger partial charge in [0.1, 0.15) is 6.07 Å². The summed E-state index contributed by atoms with van der Waals surface area (Å²) < 4.78 is 0. The highest BCUT2D eigenvalue weighted by molar-refractivity contribution is 5.86. The van der Waals surface area contributed by atoms with Crippen molar-refractivity contribution >= 4 is 11.3 Å². The highest BCUT2D eigenvalue weighted by Gasteiger charge is 2.15. The van der Waals surface area contributed by atoms with Gasteiger partial charge in [-0.05, 0) is 54.7 Å². The van der Waals surface area contributed by atoms with Crippen LogP contribution in [0, 0.1) is 36.5 Å². The molecule has 2 aromatic carbocycles. The van der Waals surface area contributed by atoms with E-state index in [1.54, 1.807) is 6.07 Å². The largest absolute Gasteiger partial charge is 0.398 e. The van der Waals surface area contributed by atoms with Crippen molar-refractivity contribution in [1.29, 1.82) is 10.5 Å². The Morgan fingerprint density at radius 2 is 1.83 bits per heavy atom. The molecule has 0 heterocycles. The number of nitrogen functional groups attached to an aromatic ring is 1. The van der Waals surface area contributed by atoms with Gasteiger partial charge in [-0.2, -0.15) is 10.5 Å². The summed E-state index contributed by atoms with van der Waals surface area (Å²) in [6, 6.07) is 13.8. The van der Waals surface area contributed by atoms with Gasteiger partial charge in [0.2, 0.25) is 0 Å². The van der Waals surface area contributed by atoms with E-state index in [1.165, 1.54) is 0 Å². The number of aryl methyl sites for hydroxylation is 2. The zero-order valence-electron chi connectivity index (χ0n) is 13.6. The Bertz CT molecular complexity index is 862. The van der Waals surface area contributed by atoms with Crippen molar-refractivity contribution in [1.82, 2.24) is 0 Å². The molecule has 0 aromatic heterocycles. The van der Waals surface area contributed by atoms with Gasteiger partial charge in [-0.25, -0.2) is 0 Å². The molecule has 0 aliphatic rings. The molecule has 114 valence electrons. The Balaban J connectivity index is 2.77. The summed E-state index contributed by atoms with van der Waals surface area (Å²) in [7, 11) is 0. The Morgan fingerprint density at radius 3 is 2.43 bits per heavy atom. The normalized spacial score (nSPS) is 10.9. The number of nitrogens with zero attached hydrogens (tertiary/aromatic N) is 2. The first-order valence-corrected chi connectivity index (χ1v) is 7.54. The maximum atomic E-state index is 9.47. The highest BCUT2D eigenvalue weighted by atomic mass is 14.6. The third-order valence-electron chi connectivity index (χ3n) is 3.89. The molecule has 0 saturated carbocycles. The smallest absolute Gasteiger partial charge is 0.102 e. The van der Waals surface area contributed by atoms with E-state index in [4.69, 9.17) is 5.73 Å². The standard InChI is InChI=1S/C20H19N3/c1-4-6-16(17-7-5-8-20(23)19(17)12-22)18-10-15(11-21)13(2)9-14(18)3/h5-10H,4,23H2,1-3H3/b16-6-. The van der Waals surface area contributed by atoms with E-state index in [1.807, 2.05) is 45.0 Å². The van der Waals surface area contributed by atoms with Crippen molar-refractivity contribution in [2.24, 2.45) is 0 Å². The summed E-state index contributed by atoms with van der Waals surface area (Å²) in [6.45, 7) is 6.00. The molecule has 0 aliphatic heterocycles. The van der Waals surface area contributed by atoms with Crippen LogP contribution in [0.15, 0.2) is 36.4 Å². The minimum atomic E-state index is 0.470. The van der Waals surface area contributed by atoms with Gasteiger partial charge in [0.25, 0.3) is 0 Å². The fourth-order valence-electron chi connectivity index (χ4n) is 2.75. The second kappa shape index (κ2) is 6.81. The Morgan fingerprint density at radius 1 is 1.09 bits per heavy atom. The lowest BCUT2D eigenvalue weighted by Gasteiger charge is -2.15. The van der Waals surface area contributed by atoms with E-state index in [0.29, 0.717) is 16.8 Å². The van der Waals surface area contributed by atoms with Crippen LogP contribution in [0.2, 0.25) is 0 Å². The van der Waals surface area contributed by atoms with E-state index < -0.39 is 0 Å². The molecular formula is C20H19N3. The van der Waals surface area contributed by atoms with Crippen molar-refractivity contribution in [3.63, 3.8) is 0 Å². The summed E-state index contributed by atoms with van der Waals surface area (Å²) >= 11 is 0. The molecule has 0 unspecified atom stereocenters. The average Bonchev–Trinajstić information content (AvgIpc) is 2.53. The summed E-state index contributed by atoms with van der Waals surface area (Å²) in [4.78, 5) is 0. The van der Waals surface area contributed by atoms with Gasteiger partial charge in [-0.3, -0.25) is 0 Å². The molecule has 0 bridgehead atoms. The Kier molecular flexibility index (Phi) is 4.84. The molecule has 3 heteroatoms. The monoisotopic (exact) mass is 301 g/mol. The number of anilines is 1. The van der Waals surface area contributed by atoms with Gasteiger partial charge < -0.3 is 5.73 Å². The lowest BCUT2D eigenvalue weighted by atomic mass is 9.88. The summed E-state index contributed by atoms with van der Waals surface area (Å²) in [6.07, 6.45) is 2.90. The molecule has 2 rings (SSSR count). The number of nitrogens with two attached hydrogens (primary N) is 1. The van der Waals surface area contributed by atoms with Crippen molar-refractivity contribution in [3.05, 3.63) is 69.8 Å². The van der Waals surface area contributed by atoms with E-state index in [2.05, 4.69) is 18.2 Å². The maximum absolute atomic E-state index is 9.47.